The summed E-state index contributed by atoms with van der Waals surface area (Å²) in [5.41, 5.74) is 15.8. The molecule has 0 aliphatic carbocycles. The van der Waals surface area contributed by atoms with Crippen molar-refractivity contribution in [3.05, 3.63) is 46.0 Å². The summed E-state index contributed by atoms with van der Waals surface area (Å²) in [6.45, 7) is -3.84. The summed E-state index contributed by atoms with van der Waals surface area (Å²) >= 11 is 0. The molecule has 45 heteroatoms. The van der Waals surface area contributed by atoms with E-state index in [1.807, 2.05) is 0 Å². The highest BCUT2D eigenvalue weighted by molar-refractivity contribution is 7.66. The van der Waals surface area contributed by atoms with Gasteiger partial charge in [0.2, 0.25) is 17.7 Å². The monoisotopic (exact) mass is 1250 g/mol. The van der Waals surface area contributed by atoms with Crippen molar-refractivity contribution >= 4 is 82.5 Å². The van der Waals surface area contributed by atoms with Gasteiger partial charge in [-0.2, -0.15) is 13.6 Å². The number of anilines is 3. The summed E-state index contributed by atoms with van der Waals surface area (Å²) in [6, 6.07) is 0. The first-order chi connectivity index (χ1) is 38.7. The third-order valence-electron chi connectivity index (χ3n) is 12.5. The SMILES string of the molecule is COCCO[C@H]1C(O)[C@@H](COP(=O)(O)OC2[C@@H](COP(=O)(O)OP(=O)(O)OP(=O)(O)OC[C@H]3O[C@@H]([n+]4cn(C)c5c(=O)[nH]c(N)nc54)[C@@H](O)C3O)O[C@@H](n3cnc4c(N)ncnc43)[C@H]2OCCOC)O[C@H]1n1cnc2c(=O)[nH]c(N)nc21. The van der Waals surface area contributed by atoms with Crippen molar-refractivity contribution in [2.24, 2.45) is 7.05 Å². The van der Waals surface area contributed by atoms with Crippen LogP contribution in [-0.4, -0.2) is 204 Å². The number of H-pyrrole nitrogens is 2. The lowest BCUT2D eigenvalue weighted by molar-refractivity contribution is -0.745. The number of nitrogens with zero attached hydrogens (tertiary/aromatic N) is 10. The summed E-state index contributed by atoms with van der Waals surface area (Å²) in [7, 11) is -19.5. The number of aromatic amines is 2. The number of fused-ring (bicyclic) bond motifs is 3. The third kappa shape index (κ3) is 13.2. The molecule has 9 rings (SSSR count). The number of nitrogen functional groups attached to an aromatic ring is 3. The average Bonchev–Trinajstić information content (AvgIpc) is 4.38. The van der Waals surface area contributed by atoms with Gasteiger partial charge in [0.25, 0.3) is 17.1 Å². The summed E-state index contributed by atoms with van der Waals surface area (Å²) in [5, 5.41) is 33.1. The molecule has 0 saturated carbocycles. The van der Waals surface area contributed by atoms with Crippen molar-refractivity contribution in [3.63, 3.8) is 0 Å². The minimum Gasteiger partial charge on any atom is -0.387 e. The van der Waals surface area contributed by atoms with Crippen LogP contribution in [0.2, 0.25) is 0 Å². The van der Waals surface area contributed by atoms with Crippen molar-refractivity contribution in [2.45, 2.75) is 73.6 Å². The normalized spacial score (nSPS) is 28.9. The fourth-order valence-electron chi connectivity index (χ4n) is 8.91. The maximum atomic E-state index is 14.1. The number of imidazole rings is 3. The number of nitrogens with two attached hydrogens (primary N) is 3. The molecule has 0 aromatic carbocycles. The molecule has 6 aromatic rings. The van der Waals surface area contributed by atoms with Gasteiger partial charge in [0.15, 0.2) is 41.4 Å². The molecule has 7 unspecified atom stereocenters. The number of hydrogen-bond donors (Lipinski definition) is 12. The van der Waals surface area contributed by atoms with E-state index in [9.17, 15) is 62.7 Å². The van der Waals surface area contributed by atoms with Gasteiger partial charge in [0.1, 0.15) is 66.8 Å². The van der Waals surface area contributed by atoms with Crippen LogP contribution in [0.15, 0.2) is 34.9 Å². The summed E-state index contributed by atoms with van der Waals surface area (Å²) < 4.78 is 128. The first-order valence-corrected chi connectivity index (χ1v) is 29.7. The van der Waals surface area contributed by atoms with Crippen molar-refractivity contribution in [2.75, 3.05) is 77.7 Å². The second-order valence-corrected chi connectivity index (χ2v) is 24.0. The van der Waals surface area contributed by atoms with Crippen molar-refractivity contribution in [1.29, 1.82) is 0 Å². The third-order valence-corrected chi connectivity index (χ3v) is 17.7. The minimum atomic E-state index is -6.24. The average molecular weight is 1250 g/mol. The molecular weight excluding hydrogens is 1190 g/mol. The van der Waals surface area contributed by atoms with Crippen LogP contribution >= 0.6 is 31.3 Å². The van der Waals surface area contributed by atoms with Gasteiger partial charge in [-0.05, 0) is 0 Å². The number of aliphatic hydroxyl groups excluding tert-OH is 3. The Morgan fingerprint density at radius 1 is 0.634 bits per heavy atom. The molecule has 3 aliphatic rings. The zero-order valence-electron chi connectivity index (χ0n) is 42.6. The number of aryl methyl sites for hydroxylation is 1. The van der Waals surface area contributed by atoms with Crippen LogP contribution in [0.4, 0.5) is 17.7 Å². The van der Waals surface area contributed by atoms with Gasteiger partial charge in [0.05, 0.1) is 66.0 Å². The Balaban J connectivity index is 0.899. The van der Waals surface area contributed by atoms with E-state index in [2.05, 4.69) is 48.5 Å². The summed E-state index contributed by atoms with van der Waals surface area (Å²) in [6.07, 6.45) is -15.0. The minimum absolute atomic E-state index is 0.00135. The highest BCUT2D eigenvalue weighted by atomic mass is 31.3. The molecule has 0 amide bonds. The molecule has 16 atom stereocenters. The first-order valence-electron chi connectivity index (χ1n) is 23.7. The zero-order valence-corrected chi connectivity index (χ0v) is 46.1. The summed E-state index contributed by atoms with van der Waals surface area (Å²) in [5.74, 6) is -0.692. The number of methoxy groups -OCH3 is 2. The van der Waals surface area contributed by atoms with Crippen LogP contribution in [0.5, 0.6) is 0 Å². The molecule has 0 spiro atoms. The molecule has 3 saturated heterocycles. The highest BCUT2D eigenvalue weighted by Crippen LogP contribution is 2.68. The van der Waals surface area contributed by atoms with Crippen LogP contribution in [0.25, 0.3) is 33.5 Å². The number of aliphatic hydroxyl groups is 3. The smallest absolute Gasteiger partial charge is 0.387 e. The van der Waals surface area contributed by atoms with E-state index in [0.29, 0.717) is 0 Å². The second kappa shape index (κ2) is 24.4. The first kappa shape index (κ1) is 61.3. The Morgan fingerprint density at radius 2 is 1.18 bits per heavy atom. The quantitative estimate of drug-likeness (QED) is 0.0140. The van der Waals surface area contributed by atoms with Gasteiger partial charge in [-0.3, -0.25) is 51.4 Å². The van der Waals surface area contributed by atoms with E-state index < -0.39 is 136 Å². The number of aromatic nitrogens is 12. The van der Waals surface area contributed by atoms with Gasteiger partial charge in [-0.1, -0.05) is 4.98 Å². The number of hydrogen-bond acceptors (Lipinski definition) is 31. The van der Waals surface area contributed by atoms with E-state index in [1.165, 1.54) is 41.3 Å². The van der Waals surface area contributed by atoms with E-state index >= 15 is 0 Å². The lowest BCUT2D eigenvalue weighted by Crippen LogP contribution is -2.46. The molecule has 15 N–H and O–H groups in total. The number of ether oxygens (including phenoxy) is 7. The Bertz CT molecular complexity index is 3610. The number of phosphoric acid groups is 4. The van der Waals surface area contributed by atoms with Crippen LogP contribution in [0.1, 0.15) is 18.7 Å². The predicted octanol–water partition coefficient (Wildman–Crippen LogP) is -4.02. The van der Waals surface area contributed by atoms with Gasteiger partial charge in [-0.15, -0.1) is 0 Å². The molecule has 0 bridgehead atoms. The highest BCUT2D eigenvalue weighted by Gasteiger charge is 2.54. The lowest BCUT2D eigenvalue weighted by Gasteiger charge is -2.27. The molecule has 41 nitrogen and oxygen atoms in total. The van der Waals surface area contributed by atoms with E-state index in [0.717, 1.165) is 23.5 Å². The van der Waals surface area contributed by atoms with Crippen molar-refractivity contribution in [1.82, 2.24) is 53.6 Å². The number of nitrogens with one attached hydrogen (secondary N) is 2. The Kier molecular flexibility index (Phi) is 18.2. The molecular formula is C37H54N15O26P4+. The molecule has 0 radical (unpaired) electrons. The van der Waals surface area contributed by atoms with Crippen LogP contribution in [0.3, 0.4) is 0 Å². The maximum absolute atomic E-state index is 14.1. The van der Waals surface area contributed by atoms with Crippen LogP contribution in [0, 0.1) is 0 Å². The Labute approximate surface area is 457 Å². The van der Waals surface area contributed by atoms with Crippen LogP contribution < -0.4 is 32.9 Å². The van der Waals surface area contributed by atoms with Crippen LogP contribution in [-0.2, 0) is 85.2 Å². The molecule has 452 valence electrons. The number of rotatable bonds is 26. The molecule has 3 fully saturated rings. The second-order valence-electron chi connectivity index (χ2n) is 17.9. The largest absolute Gasteiger partial charge is 0.490 e. The van der Waals surface area contributed by atoms with E-state index in [4.69, 9.17) is 68.5 Å². The van der Waals surface area contributed by atoms with Gasteiger partial charge < -0.3 is 85.3 Å². The standard InChI is InChI=1S/C37H53N15O26P4/c1-49-14-52(30-20(49)32(57)48-37(40)46-30)33-23(55)21(53)15(73-33)8-71-80(60,61)77-82(64,65)78-81(62,63)72-10-17-24(26(69-7-5-67-3)35(75-17)50-12-43-18-27(38)41-11-42-28(18)50)76-79(58,59)70-9-16-22(54)25(68-6-4-66-2)34(74-16)51-13-44-19-29(51)45-36(39)47-31(19)56/h11-17,21-26,33-35,53-55H,4-10H2,1-3H3,(H11-,38,39,40,41,42,45,46,47,48,56,57,58,59,60,61,62,63,64,65)/p+1/t15-,16-,17-,21?,22?,23+,24?,25+,26+,33-,34-,35-/m1/s1. The van der Waals surface area contributed by atoms with Gasteiger partial charge in [0, 0.05) is 14.2 Å². The van der Waals surface area contributed by atoms with E-state index in [-0.39, 0.29) is 77.6 Å². The molecule has 6 aromatic heterocycles. The van der Waals surface area contributed by atoms with Gasteiger partial charge in [-0.25, -0.2) is 42.8 Å². The van der Waals surface area contributed by atoms with Crippen molar-refractivity contribution < 1.29 is 118 Å². The fraction of sp³-hybridized carbons (Fsp3) is 0.595. The molecule has 82 heavy (non-hydrogen) atoms. The fourth-order valence-corrected chi connectivity index (χ4v) is 13.4. The van der Waals surface area contributed by atoms with Gasteiger partial charge >= 0.3 is 36.9 Å². The summed E-state index contributed by atoms with van der Waals surface area (Å²) in [4.78, 5) is 97.2. The van der Waals surface area contributed by atoms with Crippen molar-refractivity contribution in [3.8, 4) is 0 Å². The zero-order chi connectivity index (χ0) is 59.2. The number of phosphoric ester groups is 3. The maximum Gasteiger partial charge on any atom is 0.490 e. The topological polar surface area (TPSA) is 570 Å². The molecule has 9 heterocycles. The molecule has 3 aliphatic heterocycles. The predicted molar refractivity (Wildman–Crippen MR) is 265 cm³/mol. The Hall–Kier alpha value is -5.23. The lowest BCUT2D eigenvalue weighted by atomic mass is 10.1. The Morgan fingerprint density at radius 3 is 1.84 bits per heavy atom. The van der Waals surface area contributed by atoms with E-state index in [1.54, 1.807) is 0 Å².